The van der Waals surface area contributed by atoms with E-state index in [0.717, 1.165) is 13.0 Å². The van der Waals surface area contributed by atoms with E-state index in [4.69, 9.17) is 4.74 Å². The van der Waals surface area contributed by atoms with Crippen molar-refractivity contribution in [2.45, 2.75) is 51.7 Å². The van der Waals surface area contributed by atoms with E-state index in [1.54, 1.807) is 0 Å². The molecule has 3 rings (SSSR count). The maximum atomic E-state index is 12.1. The fourth-order valence-electron chi connectivity index (χ4n) is 3.02. The van der Waals surface area contributed by atoms with Crippen LogP contribution in [0.15, 0.2) is 0 Å². The molecule has 0 aromatic heterocycles. The highest BCUT2D eigenvalue weighted by molar-refractivity contribution is 5.73. The first kappa shape index (κ1) is 11.9. The number of piperidine rings is 2. The van der Waals surface area contributed by atoms with Gasteiger partial charge in [-0.25, -0.2) is 0 Å². The van der Waals surface area contributed by atoms with E-state index >= 15 is 0 Å². The van der Waals surface area contributed by atoms with Gasteiger partial charge in [-0.3, -0.25) is 4.79 Å². The Kier molecular flexibility index (Phi) is 2.99. The van der Waals surface area contributed by atoms with Crippen LogP contribution in [0.5, 0.6) is 0 Å². The molecule has 2 aliphatic heterocycles. The summed E-state index contributed by atoms with van der Waals surface area (Å²) in [5, 5.41) is 0. The van der Waals surface area contributed by atoms with Gasteiger partial charge in [0, 0.05) is 12.6 Å². The third-order valence-electron chi connectivity index (χ3n) is 3.82. The standard InChI is InChI=1S/C13H23NO2/c1-13(2,3)16-12(15)11-7-10-6-5-9(11)8-14(10)4/h9-11H,5-8H2,1-4H3. The van der Waals surface area contributed by atoms with Gasteiger partial charge in [-0.15, -0.1) is 0 Å². The normalized spacial score (nSPS) is 35.1. The molecule has 2 heterocycles. The van der Waals surface area contributed by atoms with Gasteiger partial charge in [0.2, 0.25) is 0 Å². The highest BCUT2D eigenvalue weighted by Crippen LogP contribution is 2.39. The van der Waals surface area contributed by atoms with Crippen molar-refractivity contribution in [1.29, 1.82) is 0 Å². The fraction of sp³-hybridized carbons (Fsp3) is 0.923. The quantitative estimate of drug-likeness (QED) is 0.640. The summed E-state index contributed by atoms with van der Waals surface area (Å²) in [6.45, 7) is 6.89. The minimum Gasteiger partial charge on any atom is -0.460 e. The van der Waals surface area contributed by atoms with Crippen LogP contribution in [0, 0.1) is 11.8 Å². The maximum Gasteiger partial charge on any atom is 0.309 e. The molecule has 2 bridgehead atoms. The number of fused-ring (bicyclic) bond motifs is 3. The van der Waals surface area contributed by atoms with Gasteiger partial charge >= 0.3 is 5.97 Å². The van der Waals surface area contributed by atoms with E-state index in [1.165, 1.54) is 12.8 Å². The molecule has 1 saturated carbocycles. The monoisotopic (exact) mass is 225 g/mol. The van der Waals surface area contributed by atoms with E-state index in [9.17, 15) is 4.79 Å². The summed E-state index contributed by atoms with van der Waals surface area (Å²) in [7, 11) is 2.17. The van der Waals surface area contributed by atoms with E-state index in [2.05, 4.69) is 11.9 Å². The van der Waals surface area contributed by atoms with E-state index in [1.807, 2.05) is 20.8 Å². The number of rotatable bonds is 1. The Balaban J connectivity index is 1.99. The van der Waals surface area contributed by atoms with Gasteiger partial charge in [0.1, 0.15) is 5.60 Å². The smallest absolute Gasteiger partial charge is 0.309 e. The summed E-state index contributed by atoms with van der Waals surface area (Å²) < 4.78 is 5.51. The molecular formula is C13H23NO2. The molecule has 0 N–H and O–H groups in total. The zero-order valence-electron chi connectivity index (χ0n) is 10.8. The first-order valence-corrected chi connectivity index (χ1v) is 6.30. The number of carbonyl (C=O) groups is 1. The predicted molar refractivity (Wildman–Crippen MR) is 63.1 cm³/mol. The van der Waals surface area contributed by atoms with Crippen LogP contribution in [0.4, 0.5) is 0 Å². The molecule has 0 aromatic rings. The molecule has 3 aliphatic rings. The van der Waals surface area contributed by atoms with Crippen LogP contribution in [0.2, 0.25) is 0 Å². The second-order valence-corrected chi connectivity index (χ2v) is 6.31. The van der Waals surface area contributed by atoms with Crippen LogP contribution in [0.25, 0.3) is 0 Å². The van der Waals surface area contributed by atoms with E-state index < -0.39 is 0 Å². The molecule has 2 saturated heterocycles. The van der Waals surface area contributed by atoms with Crippen molar-refractivity contribution < 1.29 is 9.53 Å². The summed E-state index contributed by atoms with van der Waals surface area (Å²) in [6.07, 6.45) is 3.44. The van der Waals surface area contributed by atoms with Crippen LogP contribution >= 0.6 is 0 Å². The minimum absolute atomic E-state index is 0.0234. The van der Waals surface area contributed by atoms with Crippen LogP contribution in [0.1, 0.15) is 40.0 Å². The molecule has 3 unspecified atom stereocenters. The summed E-state index contributed by atoms with van der Waals surface area (Å²) in [5.41, 5.74) is -0.348. The molecule has 1 aliphatic carbocycles. The van der Waals surface area contributed by atoms with E-state index in [0.29, 0.717) is 12.0 Å². The Bertz CT molecular complexity index is 282. The van der Waals surface area contributed by atoms with Crippen molar-refractivity contribution in [3.8, 4) is 0 Å². The lowest BCUT2D eigenvalue weighted by Gasteiger charge is -2.47. The third kappa shape index (κ3) is 2.40. The molecule has 0 aromatic carbocycles. The summed E-state index contributed by atoms with van der Waals surface area (Å²) >= 11 is 0. The molecule has 16 heavy (non-hydrogen) atoms. The first-order valence-electron chi connectivity index (χ1n) is 6.30. The second kappa shape index (κ2) is 4.02. The van der Waals surface area contributed by atoms with Crippen molar-refractivity contribution in [2.75, 3.05) is 13.6 Å². The second-order valence-electron chi connectivity index (χ2n) is 6.31. The summed E-state index contributed by atoms with van der Waals surface area (Å²) in [4.78, 5) is 14.5. The van der Waals surface area contributed by atoms with E-state index in [-0.39, 0.29) is 17.5 Å². The molecule has 3 heteroatoms. The predicted octanol–water partition coefficient (Wildman–Crippen LogP) is 2.06. The van der Waals surface area contributed by atoms with Crippen LogP contribution in [-0.2, 0) is 9.53 Å². The molecule has 0 spiro atoms. The SMILES string of the molecule is CN1CC2CCC1CC2C(=O)OC(C)(C)C. The van der Waals surface area contributed by atoms with Crippen molar-refractivity contribution in [1.82, 2.24) is 4.90 Å². The zero-order chi connectivity index (χ0) is 11.9. The van der Waals surface area contributed by atoms with Crippen LogP contribution in [0.3, 0.4) is 0 Å². The highest BCUT2D eigenvalue weighted by Gasteiger charge is 2.43. The highest BCUT2D eigenvalue weighted by atomic mass is 16.6. The van der Waals surface area contributed by atoms with Gasteiger partial charge in [-0.05, 0) is 53.0 Å². The maximum absolute atomic E-state index is 12.1. The Morgan fingerprint density at radius 1 is 1.31 bits per heavy atom. The number of hydrogen-bond acceptors (Lipinski definition) is 3. The zero-order valence-corrected chi connectivity index (χ0v) is 10.8. The molecular weight excluding hydrogens is 202 g/mol. The number of hydrogen-bond donors (Lipinski definition) is 0. The van der Waals surface area contributed by atoms with Gasteiger partial charge in [-0.2, -0.15) is 0 Å². The van der Waals surface area contributed by atoms with Crippen molar-refractivity contribution in [2.24, 2.45) is 11.8 Å². The van der Waals surface area contributed by atoms with Gasteiger partial charge in [0.05, 0.1) is 5.92 Å². The van der Waals surface area contributed by atoms with Gasteiger partial charge in [0.15, 0.2) is 0 Å². The summed E-state index contributed by atoms with van der Waals surface area (Å²) in [5.74, 6) is 0.689. The first-order chi connectivity index (χ1) is 7.37. The average Bonchev–Trinajstić information content (AvgIpc) is 2.15. The lowest BCUT2D eigenvalue weighted by Crippen LogP contribution is -2.52. The third-order valence-corrected chi connectivity index (χ3v) is 3.82. The molecule has 92 valence electrons. The molecule has 3 atom stereocenters. The van der Waals surface area contributed by atoms with Gasteiger partial charge < -0.3 is 9.64 Å². The fourth-order valence-corrected chi connectivity index (χ4v) is 3.02. The van der Waals surface area contributed by atoms with Gasteiger partial charge in [-0.1, -0.05) is 0 Å². The van der Waals surface area contributed by atoms with Gasteiger partial charge in [0.25, 0.3) is 0 Å². The lowest BCUT2D eigenvalue weighted by molar-refractivity contribution is -0.167. The Hall–Kier alpha value is -0.570. The molecule has 0 amide bonds. The molecule has 0 radical (unpaired) electrons. The molecule has 3 fully saturated rings. The number of ether oxygens (including phenoxy) is 1. The van der Waals surface area contributed by atoms with Crippen molar-refractivity contribution >= 4 is 5.97 Å². The largest absolute Gasteiger partial charge is 0.460 e. The molecule has 3 nitrogen and oxygen atoms in total. The van der Waals surface area contributed by atoms with Crippen LogP contribution in [-0.4, -0.2) is 36.1 Å². The topological polar surface area (TPSA) is 29.5 Å². The Morgan fingerprint density at radius 3 is 2.44 bits per heavy atom. The lowest BCUT2D eigenvalue weighted by atomic mass is 9.72. The number of carbonyl (C=O) groups excluding carboxylic acids is 1. The van der Waals surface area contributed by atoms with Crippen LogP contribution < -0.4 is 0 Å². The van der Waals surface area contributed by atoms with Crippen molar-refractivity contribution in [3.05, 3.63) is 0 Å². The van der Waals surface area contributed by atoms with Crippen molar-refractivity contribution in [3.63, 3.8) is 0 Å². The average molecular weight is 225 g/mol. The number of nitrogens with zero attached hydrogens (tertiary/aromatic N) is 1. The Morgan fingerprint density at radius 2 is 2.00 bits per heavy atom. The number of esters is 1. The minimum atomic E-state index is -0.348. The Labute approximate surface area is 98.1 Å². The summed E-state index contributed by atoms with van der Waals surface area (Å²) in [6, 6.07) is 0.600.